The van der Waals surface area contributed by atoms with E-state index < -0.39 is 0 Å². The molecular formula is C18H28Cl2FN3O2. The highest BCUT2D eigenvalue weighted by molar-refractivity contribution is 5.85. The fourth-order valence-electron chi connectivity index (χ4n) is 3.79. The van der Waals surface area contributed by atoms with Gasteiger partial charge in [-0.3, -0.25) is 4.79 Å². The zero-order chi connectivity index (χ0) is 16.9. The number of amides is 1. The standard InChI is InChI=1S/C18H26FN3O2.2ClH/c19-15-4-5-17(22-6-8-24-9-7-22)14(10-15)12-21-18(23)16-3-1-2-13(16)11-20;;/h4-5,10,13,16H,1-3,6-9,11-12,20H2,(H,21,23);2*1H/t13-,16-;;/m1../s1. The fraction of sp³-hybridized carbons (Fsp3) is 0.611. The summed E-state index contributed by atoms with van der Waals surface area (Å²) in [5.74, 6) is 0.0312. The van der Waals surface area contributed by atoms with E-state index in [1.54, 1.807) is 6.07 Å². The van der Waals surface area contributed by atoms with Gasteiger partial charge in [0.25, 0.3) is 0 Å². The molecule has 2 atom stereocenters. The Bertz CT molecular complexity index is 586. The van der Waals surface area contributed by atoms with E-state index in [-0.39, 0.29) is 48.4 Å². The number of morpholine rings is 1. The summed E-state index contributed by atoms with van der Waals surface area (Å²) >= 11 is 0. The molecule has 2 aliphatic rings. The van der Waals surface area contributed by atoms with Crippen LogP contribution >= 0.6 is 24.8 Å². The van der Waals surface area contributed by atoms with E-state index >= 15 is 0 Å². The summed E-state index contributed by atoms with van der Waals surface area (Å²) in [5, 5.41) is 2.99. The predicted octanol–water partition coefficient (Wildman–Crippen LogP) is 2.50. The van der Waals surface area contributed by atoms with Crippen LogP contribution < -0.4 is 16.0 Å². The Morgan fingerprint density at radius 2 is 2.00 bits per heavy atom. The van der Waals surface area contributed by atoms with E-state index in [0.29, 0.717) is 26.3 Å². The molecule has 1 aromatic carbocycles. The number of anilines is 1. The Hall–Kier alpha value is -1.08. The van der Waals surface area contributed by atoms with Gasteiger partial charge in [0.15, 0.2) is 0 Å². The van der Waals surface area contributed by atoms with Crippen molar-refractivity contribution >= 4 is 36.4 Å². The molecule has 1 aliphatic carbocycles. The predicted molar refractivity (Wildman–Crippen MR) is 106 cm³/mol. The van der Waals surface area contributed by atoms with Crippen LogP contribution in [-0.4, -0.2) is 38.8 Å². The Kier molecular flexibility index (Phi) is 9.64. The fourth-order valence-corrected chi connectivity index (χ4v) is 3.79. The first kappa shape index (κ1) is 23.0. The summed E-state index contributed by atoms with van der Waals surface area (Å²) in [6, 6.07) is 4.78. The highest BCUT2D eigenvalue weighted by Gasteiger charge is 2.31. The first-order valence-corrected chi connectivity index (χ1v) is 8.78. The van der Waals surface area contributed by atoms with Gasteiger partial charge in [-0.25, -0.2) is 4.39 Å². The number of nitrogens with two attached hydrogens (primary N) is 1. The molecule has 8 heteroatoms. The van der Waals surface area contributed by atoms with Crippen LogP contribution in [0.25, 0.3) is 0 Å². The van der Waals surface area contributed by atoms with Crippen LogP contribution in [0, 0.1) is 17.7 Å². The third-order valence-electron chi connectivity index (χ3n) is 5.14. The quantitative estimate of drug-likeness (QED) is 0.786. The number of nitrogens with zero attached hydrogens (tertiary/aromatic N) is 1. The van der Waals surface area contributed by atoms with Crippen molar-refractivity contribution < 1.29 is 13.9 Å². The summed E-state index contributed by atoms with van der Waals surface area (Å²) < 4.78 is 19.1. The molecule has 3 N–H and O–H groups in total. The van der Waals surface area contributed by atoms with Gasteiger partial charge in [0.2, 0.25) is 5.91 Å². The third kappa shape index (κ3) is 5.46. The van der Waals surface area contributed by atoms with Crippen LogP contribution in [0.3, 0.4) is 0 Å². The second-order valence-electron chi connectivity index (χ2n) is 6.62. The number of hydrogen-bond donors (Lipinski definition) is 2. The van der Waals surface area contributed by atoms with Crippen LogP contribution in [-0.2, 0) is 16.1 Å². The van der Waals surface area contributed by atoms with Crippen molar-refractivity contribution in [2.75, 3.05) is 37.7 Å². The molecule has 0 aromatic heterocycles. The third-order valence-corrected chi connectivity index (χ3v) is 5.14. The monoisotopic (exact) mass is 407 g/mol. The van der Waals surface area contributed by atoms with Crippen molar-refractivity contribution in [3.8, 4) is 0 Å². The van der Waals surface area contributed by atoms with E-state index in [1.807, 2.05) is 0 Å². The highest BCUT2D eigenvalue weighted by atomic mass is 35.5. The molecule has 3 rings (SSSR count). The molecule has 1 heterocycles. The molecule has 1 aromatic rings. The van der Waals surface area contributed by atoms with Crippen molar-refractivity contribution in [2.45, 2.75) is 25.8 Å². The second kappa shape index (κ2) is 10.9. The van der Waals surface area contributed by atoms with Crippen molar-refractivity contribution in [1.82, 2.24) is 5.32 Å². The van der Waals surface area contributed by atoms with E-state index in [4.69, 9.17) is 10.5 Å². The van der Waals surface area contributed by atoms with E-state index in [1.165, 1.54) is 12.1 Å². The lowest BCUT2D eigenvalue weighted by Crippen LogP contribution is -2.38. The van der Waals surface area contributed by atoms with Gasteiger partial charge in [0.1, 0.15) is 5.82 Å². The van der Waals surface area contributed by atoms with Crippen molar-refractivity contribution in [3.63, 3.8) is 0 Å². The molecule has 0 bridgehead atoms. The number of carbonyl (C=O) groups excluding carboxylic acids is 1. The van der Waals surface area contributed by atoms with Crippen LogP contribution in [0.5, 0.6) is 0 Å². The molecular weight excluding hydrogens is 380 g/mol. The maximum absolute atomic E-state index is 13.7. The molecule has 1 saturated carbocycles. The number of hydrogen-bond acceptors (Lipinski definition) is 4. The number of rotatable bonds is 5. The lowest BCUT2D eigenvalue weighted by molar-refractivity contribution is -0.126. The lowest BCUT2D eigenvalue weighted by atomic mass is 9.95. The molecule has 1 aliphatic heterocycles. The number of carbonyl (C=O) groups is 1. The van der Waals surface area contributed by atoms with Crippen molar-refractivity contribution in [3.05, 3.63) is 29.6 Å². The van der Waals surface area contributed by atoms with Crippen LogP contribution in [0.4, 0.5) is 10.1 Å². The Morgan fingerprint density at radius 1 is 1.27 bits per heavy atom. The summed E-state index contributed by atoms with van der Waals surface area (Å²) in [6.07, 6.45) is 2.97. The summed E-state index contributed by atoms with van der Waals surface area (Å²) in [7, 11) is 0. The number of nitrogens with one attached hydrogen (secondary N) is 1. The maximum Gasteiger partial charge on any atom is 0.223 e. The molecule has 1 saturated heterocycles. The molecule has 0 spiro atoms. The van der Waals surface area contributed by atoms with Gasteiger partial charge in [-0.05, 0) is 49.1 Å². The zero-order valence-corrected chi connectivity index (χ0v) is 16.4. The van der Waals surface area contributed by atoms with Crippen molar-refractivity contribution in [2.24, 2.45) is 17.6 Å². The van der Waals surface area contributed by atoms with Crippen LogP contribution in [0.2, 0.25) is 0 Å². The smallest absolute Gasteiger partial charge is 0.223 e. The second-order valence-corrected chi connectivity index (χ2v) is 6.62. The van der Waals surface area contributed by atoms with Crippen LogP contribution in [0.15, 0.2) is 18.2 Å². The Balaban J connectivity index is 0.00000169. The normalized spacial score (nSPS) is 22.3. The molecule has 148 valence electrons. The first-order valence-electron chi connectivity index (χ1n) is 8.78. The minimum absolute atomic E-state index is 0. The van der Waals surface area contributed by atoms with E-state index in [9.17, 15) is 9.18 Å². The van der Waals surface area contributed by atoms with Gasteiger partial charge in [-0.2, -0.15) is 0 Å². The molecule has 2 fully saturated rings. The maximum atomic E-state index is 13.7. The van der Waals surface area contributed by atoms with Gasteiger partial charge >= 0.3 is 0 Å². The van der Waals surface area contributed by atoms with E-state index in [0.717, 1.165) is 43.6 Å². The minimum Gasteiger partial charge on any atom is -0.378 e. The zero-order valence-electron chi connectivity index (χ0n) is 14.8. The average Bonchev–Trinajstić information content (AvgIpc) is 3.09. The molecule has 0 radical (unpaired) electrons. The number of ether oxygens (including phenoxy) is 1. The first-order chi connectivity index (χ1) is 11.7. The highest BCUT2D eigenvalue weighted by Crippen LogP contribution is 2.31. The van der Waals surface area contributed by atoms with E-state index in [2.05, 4.69) is 10.2 Å². The van der Waals surface area contributed by atoms with Gasteiger partial charge in [-0.15, -0.1) is 24.8 Å². The summed E-state index contributed by atoms with van der Waals surface area (Å²) in [5.41, 5.74) is 7.55. The number of benzene rings is 1. The summed E-state index contributed by atoms with van der Waals surface area (Å²) in [4.78, 5) is 14.6. The molecule has 0 unspecified atom stereocenters. The molecule has 1 amide bonds. The molecule has 26 heavy (non-hydrogen) atoms. The van der Waals surface area contributed by atoms with Gasteiger partial charge in [0, 0.05) is 31.2 Å². The minimum atomic E-state index is -0.281. The van der Waals surface area contributed by atoms with Gasteiger partial charge < -0.3 is 20.7 Å². The van der Waals surface area contributed by atoms with Crippen molar-refractivity contribution in [1.29, 1.82) is 0 Å². The van der Waals surface area contributed by atoms with Gasteiger partial charge in [-0.1, -0.05) is 6.42 Å². The Morgan fingerprint density at radius 3 is 2.69 bits per heavy atom. The van der Waals surface area contributed by atoms with Gasteiger partial charge in [0.05, 0.1) is 13.2 Å². The number of halogens is 3. The summed E-state index contributed by atoms with van der Waals surface area (Å²) in [6.45, 7) is 3.80. The Labute approximate surface area is 166 Å². The lowest BCUT2D eigenvalue weighted by Gasteiger charge is -2.31. The SMILES string of the molecule is Cl.Cl.NC[C@H]1CCC[C@H]1C(=O)NCc1cc(F)ccc1N1CCOCC1. The average molecular weight is 408 g/mol. The largest absolute Gasteiger partial charge is 0.378 e. The molecule has 5 nitrogen and oxygen atoms in total. The van der Waals surface area contributed by atoms with Crippen LogP contribution in [0.1, 0.15) is 24.8 Å². The topological polar surface area (TPSA) is 67.6 Å².